The van der Waals surface area contributed by atoms with E-state index >= 15 is 0 Å². The highest BCUT2D eigenvalue weighted by atomic mass is 32.2. The lowest BCUT2D eigenvalue weighted by Gasteiger charge is -2.14. The first kappa shape index (κ1) is 10.8. The summed E-state index contributed by atoms with van der Waals surface area (Å²) in [5.41, 5.74) is 7.82. The van der Waals surface area contributed by atoms with E-state index in [9.17, 15) is 0 Å². The summed E-state index contributed by atoms with van der Waals surface area (Å²) in [6.45, 7) is 5.09. The Kier molecular flexibility index (Phi) is 3.22. The highest BCUT2D eigenvalue weighted by Gasteiger charge is 2.24. The van der Waals surface area contributed by atoms with Crippen LogP contribution in [0, 0.1) is 6.92 Å². The minimum atomic E-state index is 0.368. The molecular weight excluding hydrogens is 206 g/mol. The van der Waals surface area contributed by atoms with Gasteiger partial charge in [-0.1, -0.05) is 0 Å². The summed E-state index contributed by atoms with van der Waals surface area (Å²) < 4.78 is 5.55. The summed E-state index contributed by atoms with van der Waals surface area (Å²) >= 11 is 1.90. The van der Waals surface area contributed by atoms with E-state index in [-0.39, 0.29) is 0 Å². The Morgan fingerprint density at radius 3 is 2.87 bits per heavy atom. The van der Waals surface area contributed by atoms with Gasteiger partial charge in [-0.05, 0) is 44.0 Å². The zero-order valence-corrected chi connectivity index (χ0v) is 10.0. The van der Waals surface area contributed by atoms with Crippen molar-refractivity contribution in [1.82, 2.24) is 0 Å². The summed E-state index contributed by atoms with van der Waals surface area (Å²) in [6.07, 6.45) is 1.52. The Morgan fingerprint density at radius 1 is 1.47 bits per heavy atom. The van der Waals surface area contributed by atoms with E-state index in [2.05, 4.69) is 19.1 Å². The topological polar surface area (TPSA) is 35.2 Å². The Balaban J connectivity index is 2.07. The van der Waals surface area contributed by atoms with Crippen molar-refractivity contribution in [3.8, 4) is 0 Å². The molecule has 0 spiro atoms. The number of hydrogen-bond acceptors (Lipinski definition) is 3. The number of nitrogen functional groups attached to an aromatic ring is 1. The molecule has 3 heteroatoms. The van der Waals surface area contributed by atoms with Crippen molar-refractivity contribution in [3.05, 3.63) is 23.8 Å². The highest BCUT2D eigenvalue weighted by Crippen LogP contribution is 2.33. The molecule has 1 saturated heterocycles. The van der Waals surface area contributed by atoms with Crippen LogP contribution in [0.1, 0.15) is 18.9 Å². The molecule has 1 heterocycles. The number of aryl methyl sites for hydroxylation is 1. The maximum Gasteiger partial charge on any atom is 0.0669 e. The third-order valence-corrected chi connectivity index (χ3v) is 4.28. The molecule has 1 aliphatic heterocycles. The summed E-state index contributed by atoms with van der Waals surface area (Å²) in [6, 6.07) is 6.24. The van der Waals surface area contributed by atoms with Gasteiger partial charge in [0.1, 0.15) is 0 Å². The van der Waals surface area contributed by atoms with Crippen LogP contribution in [0.15, 0.2) is 23.1 Å². The van der Waals surface area contributed by atoms with Crippen molar-refractivity contribution in [2.45, 2.75) is 36.5 Å². The van der Waals surface area contributed by atoms with Crippen LogP contribution in [0.3, 0.4) is 0 Å². The van der Waals surface area contributed by atoms with Crippen LogP contribution in [0.2, 0.25) is 0 Å². The van der Waals surface area contributed by atoms with Crippen molar-refractivity contribution in [1.29, 1.82) is 0 Å². The zero-order valence-electron chi connectivity index (χ0n) is 9.19. The molecule has 1 aromatic rings. The van der Waals surface area contributed by atoms with Gasteiger partial charge < -0.3 is 10.5 Å². The lowest BCUT2D eigenvalue weighted by molar-refractivity contribution is 0.127. The van der Waals surface area contributed by atoms with Crippen LogP contribution in [0.4, 0.5) is 5.69 Å². The van der Waals surface area contributed by atoms with Crippen molar-refractivity contribution in [2.24, 2.45) is 0 Å². The van der Waals surface area contributed by atoms with Gasteiger partial charge in [-0.15, -0.1) is 11.8 Å². The van der Waals surface area contributed by atoms with E-state index in [1.54, 1.807) is 0 Å². The van der Waals surface area contributed by atoms with E-state index in [4.69, 9.17) is 10.5 Å². The summed E-state index contributed by atoms with van der Waals surface area (Å²) in [4.78, 5) is 1.30. The zero-order chi connectivity index (χ0) is 10.8. The van der Waals surface area contributed by atoms with Gasteiger partial charge in [-0.3, -0.25) is 0 Å². The fourth-order valence-corrected chi connectivity index (χ4v) is 2.99. The smallest absolute Gasteiger partial charge is 0.0669 e. The quantitative estimate of drug-likeness (QED) is 0.783. The van der Waals surface area contributed by atoms with Crippen molar-refractivity contribution in [3.63, 3.8) is 0 Å². The molecule has 1 aromatic carbocycles. The van der Waals surface area contributed by atoms with E-state index in [1.807, 2.05) is 24.8 Å². The fourth-order valence-electron chi connectivity index (χ4n) is 1.76. The molecule has 2 N–H and O–H groups in total. The molecule has 15 heavy (non-hydrogen) atoms. The highest BCUT2D eigenvalue weighted by molar-refractivity contribution is 8.00. The predicted octanol–water partition coefficient (Wildman–Crippen LogP) is 2.85. The SMILES string of the molecule is Cc1cc(SC2CCOC2C)ccc1N. The van der Waals surface area contributed by atoms with E-state index in [0.29, 0.717) is 11.4 Å². The molecule has 0 saturated carbocycles. The predicted molar refractivity (Wildman–Crippen MR) is 65.3 cm³/mol. The Bertz CT molecular complexity index is 353. The number of nitrogens with two attached hydrogens (primary N) is 1. The summed E-state index contributed by atoms with van der Waals surface area (Å²) in [7, 11) is 0. The van der Waals surface area contributed by atoms with Gasteiger partial charge in [0.2, 0.25) is 0 Å². The molecular formula is C12H17NOS. The van der Waals surface area contributed by atoms with Crippen LogP contribution in [0.25, 0.3) is 0 Å². The molecule has 2 atom stereocenters. The second-order valence-electron chi connectivity index (χ2n) is 4.04. The number of rotatable bonds is 2. The molecule has 82 valence electrons. The summed E-state index contributed by atoms with van der Waals surface area (Å²) in [5.74, 6) is 0. The number of thioether (sulfide) groups is 1. The van der Waals surface area contributed by atoms with E-state index < -0.39 is 0 Å². The Labute approximate surface area is 95.2 Å². The monoisotopic (exact) mass is 223 g/mol. The lowest BCUT2D eigenvalue weighted by atomic mass is 10.2. The molecule has 2 unspecified atom stereocenters. The minimum absolute atomic E-state index is 0.368. The maximum absolute atomic E-state index is 5.79. The lowest BCUT2D eigenvalue weighted by Crippen LogP contribution is -2.12. The van der Waals surface area contributed by atoms with Gasteiger partial charge in [0.25, 0.3) is 0 Å². The molecule has 0 amide bonds. The van der Waals surface area contributed by atoms with Crippen LogP contribution in [0.5, 0.6) is 0 Å². The summed E-state index contributed by atoms with van der Waals surface area (Å²) in [5, 5.41) is 0.591. The maximum atomic E-state index is 5.79. The van der Waals surface area contributed by atoms with Crippen LogP contribution in [-0.2, 0) is 4.74 Å². The molecule has 0 aromatic heterocycles. The van der Waals surface area contributed by atoms with E-state index in [1.165, 1.54) is 4.90 Å². The van der Waals surface area contributed by atoms with Gasteiger partial charge in [0.15, 0.2) is 0 Å². The first-order chi connectivity index (χ1) is 7.16. The molecule has 1 aliphatic rings. The average Bonchev–Trinajstić information content (AvgIpc) is 2.59. The second-order valence-corrected chi connectivity index (χ2v) is 5.35. The number of anilines is 1. The van der Waals surface area contributed by atoms with Crippen molar-refractivity contribution in [2.75, 3.05) is 12.3 Å². The van der Waals surface area contributed by atoms with Crippen molar-refractivity contribution < 1.29 is 4.74 Å². The van der Waals surface area contributed by atoms with Crippen LogP contribution in [-0.4, -0.2) is 18.0 Å². The standard InChI is InChI=1S/C12H17NOS/c1-8-7-10(3-4-11(8)13)15-12-5-6-14-9(12)2/h3-4,7,9,12H,5-6,13H2,1-2H3. The number of hydrogen-bond donors (Lipinski definition) is 1. The molecule has 0 aliphatic carbocycles. The van der Waals surface area contributed by atoms with Crippen LogP contribution < -0.4 is 5.73 Å². The fraction of sp³-hybridized carbons (Fsp3) is 0.500. The van der Waals surface area contributed by atoms with Crippen LogP contribution >= 0.6 is 11.8 Å². The molecule has 1 fully saturated rings. The third-order valence-electron chi connectivity index (χ3n) is 2.84. The normalized spacial score (nSPS) is 25.7. The average molecular weight is 223 g/mol. The van der Waals surface area contributed by atoms with Gasteiger partial charge in [-0.25, -0.2) is 0 Å². The molecule has 2 nitrogen and oxygen atoms in total. The van der Waals surface area contributed by atoms with Gasteiger partial charge in [-0.2, -0.15) is 0 Å². The molecule has 0 radical (unpaired) electrons. The largest absolute Gasteiger partial charge is 0.399 e. The first-order valence-electron chi connectivity index (χ1n) is 5.31. The third kappa shape index (κ3) is 2.47. The molecule has 2 rings (SSSR count). The molecule has 0 bridgehead atoms. The first-order valence-corrected chi connectivity index (χ1v) is 6.19. The van der Waals surface area contributed by atoms with Gasteiger partial charge in [0.05, 0.1) is 6.10 Å². The minimum Gasteiger partial charge on any atom is -0.399 e. The Hall–Kier alpha value is -0.670. The Morgan fingerprint density at radius 2 is 2.27 bits per heavy atom. The second kappa shape index (κ2) is 4.45. The number of benzene rings is 1. The van der Waals surface area contributed by atoms with E-state index in [0.717, 1.165) is 24.3 Å². The number of ether oxygens (including phenoxy) is 1. The van der Waals surface area contributed by atoms with Crippen molar-refractivity contribution >= 4 is 17.4 Å². The van der Waals surface area contributed by atoms with Gasteiger partial charge >= 0.3 is 0 Å². The van der Waals surface area contributed by atoms with Gasteiger partial charge in [0, 0.05) is 22.4 Å².